The van der Waals surface area contributed by atoms with E-state index in [1.54, 1.807) is 11.3 Å². The van der Waals surface area contributed by atoms with Crippen LogP contribution in [0.2, 0.25) is 0 Å². The Morgan fingerprint density at radius 2 is 2.17 bits per heavy atom. The quantitative estimate of drug-likeness (QED) is 0.658. The van der Waals surface area contributed by atoms with Gasteiger partial charge >= 0.3 is 0 Å². The zero-order valence-electron chi connectivity index (χ0n) is 10.0. The van der Waals surface area contributed by atoms with Gasteiger partial charge in [0.15, 0.2) is 0 Å². The lowest BCUT2D eigenvalue weighted by Crippen LogP contribution is -2.35. The van der Waals surface area contributed by atoms with E-state index in [9.17, 15) is 0 Å². The fourth-order valence-corrected chi connectivity index (χ4v) is 3.30. The second-order valence-corrected chi connectivity index (χ2v) is 5.38. The molecule has 1 aliphatic heterocycles. The summed E-state index contributed by atoms with van der Waals surface area (Å²) in [5, 5.41) is 2.06. The molecular weight excluding hydrogens is 244 g/mol. The highest BCUT2D eigenvalue weighted by Crippen LogP contribution is 2.37. The van der Waals surface area contributed by atoms with E-state index in [0.29, 0.717) is 0 Å². The molecule has 2 atom stereocenters. The molecule has 4 heteroatoms. The van der Waals surface area contributed by atoms with E-state index in [-0.39, 0.29) is 12.1 Å². The number of rotatable bonds is 3. The van der Waals surface area contributed by atoms with Gasteiger partial charge in [-0.25, -0.2) is 5.43 Å². The van der Waals surface area contributed by atoms with Crippen molar-refractivity contribution >= 4 is 11.3 Å². The zero-order valence-corrected chi connectivity index (χ0v) is 10.8. The normalized spacial score (nSPS) is 20.4. The van der Waals surface area contributed by atoms with Crippen molar-refractivity contribution in [2.24, 2.45) is 5.84 Å². The summed E-state index contributed by atoms with van der Waals surface area (Å²) < 4.78 is 5.95. The molecule has 94 valence electrons. The average molecular weight is 260 g/mol. The van der Waals surface area contributed by atoms with Crippen LogP contribution in [0.1, 0.15) is 28.1 Å². The molecule has 1 aromatic heterocycles. The summed E-state index contributed by atoms with van der Waals surface area (Å²) in [6, 6.07) is 12.6. The maximum atomic E-state index is 5.95. The lowest BCUT2D eigenvalue weighted by Gasteiger charge is -2.31. The van der Waals surface area contributed by atoms with Crippen LogP contribution < -0.4 is 11.3 Å². The number of thiophene rings is 1. The lowest BCUT2D eigenvalue weighted by molar-refractivity contribution is 0.0156. The van der Waals surface area contributed by atoms with Crippen molar-refractivity contribution in [3.8, 4) is 0 Å². The Kier molecular flexibility index (Phi) is 3.43. The van der Waals surface area contributed by atoms with Crippen molar-refractivity contribution < 1.29 is 4.74 Å². The highest BCUT2D eigenvalue weighted by molar-refractivity contribution is 7.10. The Morgan fingerprint density at radius 1 is 1.28 bits per heavy atom. The van der Waals surface area contributed by atoms with Crippen molar-refractivity contribution in [3.05, 3.63) is 57.8 Å². The predicted octanol–water partition coefficient (Wildman–Crippen LogP) is 2.57. The van der Waals surface area contributed by atoms with Crippen LogP contribution in [0.25, 0.3) is 0 Å². The molecule has 0 aliphatic carbocycles. The molecule has 2 heterocycles. The van der Waals surface area contributed by atoms with E-state index in [1.807, 2.05) is 6.07 Å². The summed E-state index contributed by atoms with van der Waals surface area (Å²) >= 11 is 1.70. The molecule has 0 saturated heterocycles. The second-order valence-electron chi connectivity index (χ2n) is 4.40. The van der Waals surface area contributed by atoms with Crippen LogP contribution in [0.3, 0.4) is 0 Å². The van der Waals surface area contributed by atoms with Crippen LogP contribution >= 0.6 is 11.3 Å². The predicted molar refractivity (Wildman–Crippen MR) is 73.2 cm³/mol. The van der Waals surface area contributed by atoms with Gasteiger partial charge in [-0.3, -0.25) is 5.84 Å². The summed E-state index contributed by atoms with van der Waals surface area (Å²) in [7, 11) is 0. The lowest BCUT2D eigenvalue weighted by atomic mass is 9.93. The molecule has 1 aromatic carbocycles. The fourth-order valence-electron chi connectivity index (χ4n) is 2.49. The maximum Gasteiger partial charge on any atom is 0.104 e. The van der Waals surface area contributed by atoms with Crippen LogP contribution in [0.5, 0.6) is 0 Å². The standard InChI is InChI=1S/C14H16N2OS/c15-16-13(12-6-3-9-18-12)14-11-5-2-1-4-10(11)7-8-17-14/h1-6,9,13-14,16H,7-8,15H2. The van der Waals surface area contributed by atoms with Crippen LogP contribution in [-0.4, -0.2) is 6.61 Å². The minimum atomic E-state index is -0.00130. The molecule has 0 bridgehead atoms. The smallest absolute Gasteiger partial charge is 0.104 e. The summed E-state index contributed by atoms with van der Waals surface area (Å²) in [5.41, 5.74) is 5.52. The van der Waals surface area contributed by atoms with Crippen LogP contribution in [0.15, 0.2) is 41.8 Å². The van der Waals surface area contributed by atoms with E-state index in [0.717, 1.165) is 13.0 Å². The zero-order chi connectivity index (χ0) is 12.4. The molecule has 0 spiro atoms. The average Bonchev–Trinajstić information content (AvgIpc) is 2.94. The third kappa shape index (κ3) is 2.08. The van der Waals surface area contributed by atoms with Gasteiger partial charge in [-0.1, -0.05) is 30.3 Å². The molecule has 0 saturated carbocycles. The first-order valence-electron chi connectivity index (χ1n) is 6.09. The first kappa shape index (κ1) is 11.9. The van der Waals surface area contributed by atoms with E-state index >= 15 is 0 Å². The van der Waals surface area contributed by atoms with Gasteiger partial charge in [-0.15, -0.1) is 11.3 Å². The van der Waals surface area contributed by atoms with Crippen LogP contribution in [0, 0.1) is 0 Å². The first-order chi connectivity index (χ1) is 8.90. The van der Waals surface area contributed by atoms with Crippen molar-refractivity contribution in [3.63, 3.8) is 0 Å². The van der Waals surface area contributed by atoms with Crippen molar-refractivity contribution in [2.75, 3.05) is 6.61 Å². The van der Waals surface area contributed by atoms with Gasteiger partial charge in [-0.05, 0) is 29.0 Å². The number of benzene rings is 1. The number of nitrogens with two attached hydrogens (primary N) is 1. The summed E-state index contributed by atoms with van der Waals surface area (Å²) in [4.78, 5) is 1.21. The molecule has 0 radical (unpaired) electrons. The fraction of sp³-hybridized carbons (Fsp3) is 0.286. The largest absolute Gasteiger partial charge is 0.371 e. The van der Waals surface area contributed by atoms with Crippen LogP contribution in [0.4, 0.5) is 0 Å². The third-order valence-corrected chi connectivity index (χ3v) is 4.32. The maximum absolute atomic E-state index is 5.95. The second kappa shape index (κ2) is 5.20. The molecule has 3 N–H and O–H groups in total. The highest BCUT2D eigenvalue weighted by Gasteiger charge is 2.29. The van der Waals surface area contributed by atoms with Crippen molar-refractivity contribution in [1.82, 2.24) is 5.43 Å². The Morgan fingerprint density at radius 3 is 2.94 bits per heavy atom. The minimum absolute atomic E-state index is 0.00130. The number of nitrogens with one attached hydrogen (secondary N) is 1. The number of fused-ring (bicyclic) bond motifs is 1. The van der Waals surface area contributed by atoms with Gasteiger partial charge in [0.05, 0.1) is 12.6 Å². The molecule has 2 aromatic rings. The Bertz CT molecular complexity index is 512. The summed E-state index contributed by atoms with van der Waals surface area (Å²) in [6.07, 6.45) is 0.979. The molecule has 2 unspecified atom stereocenters. The molecule has 18 heavy (non-hydrogen) atoms. The van der Waals surface area contributed by atoms with Crippen LogP contribution in [-0.2, 0) is 11.2 Å². The Labute approximate surface area is 111 Å². The SMILES string of the molecule is NNC(c1cccs1)C1OCCc2ccccc21. The van der Waals surface area contributed by atoms with Gasteiger partial charge in [-0.2, -0.15) is 0 Å². The first-order valence-corrected chi connectivity index (χ1v) is 6.97. The van der Waals surface area contributed by atoms with E-state index in [2.05, 4.69) is 41.1 Å². The number of ether oxygens (including phenoxy) is 1. The van der Waals surface area contributed by atoms with E-state index < -0.39 is 0 Å². The van der Waals surface area contributed by atoms with Gasteiger partial charge in [0, 0.05) is 4.88 Å². The number of hydrogen-bond donors (Lipinski definition) is 2. The van der Waals surface area contributed by atoms with Crippen molar-refractivity contribution in [1.29, 1.82) is 0 Å². The molecule has 0 amide bonds. The monoisotopic (exact) mass is 260 g/mol. The molecule has 3 nitrogen and oxygen atoms in total. The van der Waals surface area contributed by atoms with Crippen molar-refractivity contribution in [2.45, 2.75) is 18.6 Å². The Hall–Kier alpha value is -1.20. The molecule has 3 rings (SSSR count). The van der Waals surface area contributed by atoms with Gasteiger partial charge < -0.3 is 4.74 Å². The van der Waals surface area contributed by atoms with E-state index in [1.165, 1.54) is 16.0 Å². The number of hydrazine groups is 1. The van der Waals surface area contributed by atoms with Gasteiger partial charge in [0.2, 0.25) is 0 Å². The molecule has 1 aliphatic rings. The molecular formula is C14H16N2OS. The third-order valence-electron chi connectivity index (χ3n) is 3.36. The summed E-state index contributed by atoms with van der Waals surface area (Å²) in [6.45, 7) is 0.755. The Balaban J connectivity index is 1.97. The summed E-state index contributed by atoms with van der Waals surface area (Å²) in [5.74, 6) is 5.73. The van der Waals surface area contributed by atoms with Gasteiger partial charge in [0.1, 0.15) is 6.10 Å². The van der Waals surface area contributed by atoms with E-state index in [4.69, 9.17) is 10.6 Å². The topological polar surface area (TPSA) is 47.3 Å². The highest BCUT2D eigenvalue weighted by atomic mass is 32.1. The molecule has 0 fully saturated rings. The minimum Gasteiger partial charge on any atom is -0.371 e. The number of hydrogen-bond acceptors (Lipinski definition) is 4. The van der Waals surface area contributed by atoms with Gasteiger partial charge in [0.25, 0.3) is 0 Å².